The van der Waals surface area contributed by atoms with Gasteiger partial charge in [0.15, 0.2) is 4.80 Å². The summed E-state index contributed by atoms with van der Waals surface area (Å²) in [7, 11) is 0. The van der Waals surface area contributed by atoms with Crippen LogP contribution < -0.4 is 14.9 Å². The summed E-state index contributed by atoms with van der Waals surface area (Å²) in [4.78, 5) is 19.5. The molecule has 1 aliphatic carbocycles. The van der Waals surface area contributed by atoms with Gasteiger partial charge in [-0.2, -0.15) is 0 Å². The largest absolute Gasteiger partial charge is 0.272 e. The van der Waals surface area contributed by atoms with E-state index in [0.29, 0.717) is 4.53 Å². The molecule has 3 aromatic carbocycles. The topological polar surface area (TPSA) is 34.4 Å². The van der Waals surface area contributed by atoms with E-state index in [1.54, 1.807) is 0 Å². The summed E-state index contributed by atoms with van der Waals surface area (Å²) in [5, 5.41) is 0. The van der Waals surface area contributed by atoms with Gasteiger partial charge < -0.3 is 0 Å². The van der Waals surface area contributed by atoms with Crippen molar-refractivity contribution in [3.05, 3.63) is 131 Å². The minimum absolute atomic E-state index is 0.0240. The van der Waals surface area contributed by atoms with Crippen LogP contribution in [-0.2, 0) is 6.42 Å². The van der Waals surface area contributed by atoms with E-state index >= 15 is 0 Å². The van der Waals surface area contributed by atoms with Crippen molar-refractivity contribution in [2.75, 3.05) is 0 Å². The summed E-state index contributed by atoms with van der Waals surface area (Å²) in [5.41, 5.74) is 6.94. The van der Waals surface area contributed by atoms with Crippen LogP contribution >= 0.6 is 27.3 Å². The van der Waals surface area contributed by atoms with Crippen LogP contribution in [0.25, 0.3) is 11.8 Å². The molecule has 2 aliphatic rings. The molecule has 5 heteroatoms. The van der Waals surface area contributed by atoms with E-state index in [2.05, 4.69) is 52.3 Å². The molecule has 1 atom stereocenters. The van der Waals surface area contributed by atoms with Gasteiger partial charge in [0.2, 0.25) is 0 Å². The van der Waals surface area contributed by atoms with E-state index in [0.717, 1.165) is 38.9 Å². The van der Waals surface area contributed by atoms with E-state index in [1.165, 1.54) is 28.0 Å². The monoisotopic (exact) mass is 498 g/mol. The first-order chi connectivity index (χ1) is 15.7. The Labute approximate surface area is 197 Å². The molecule has 3 nitrogen and oxygen atoms in total. The van der Waals surface area contributed by atoms with Crippen molar-refractivity contribution in [2.24, 2.45) is 4.99 Å². The zero-order valence-electron chi connectivity index (χ0n) is 17.2. The second-order valence-electron chi connectivity index (χ2n) is 8.08. The standard InChI is InChI=1S/C27H19BrN2OS/c28-20-13-10-19(11-14-20)25-22-15-12-18-8-4-5-9-21(18)24(22)29-27-30(25)26(31)23(32-27)16-17-6-2-1-3-7-17/h1-11,13-14,16,25H,12,15H2/b23-16-/t25-/m1/s1. The number of aryl methyl sites for hydroxylation is 1. The molecule has 0 N–H and O–H groups in total. The Hall–Kier alpha value is -3.02. The molecule has 0 bridgehead atoms. The highest BCUT2D eigenvalue weighted by Crippen LogP contribution is 2.41. The van der Waals surface area contributed by atoms with Gasteiger partial charge in [0.1, 0.15) is 0 Å². The number of thiazole rings is 1. The molecule has 1 aromatic heterocycles. The molecule has 0 saturated carbocycles. The number of rotatable bonds is 2. The van der Waals surface area contributed by atoms with Crippen LogP contribution in [0, 0.1) is 0 Å². The number of allylic oxidation sites excluding steroid dienone is 1. The molecule has 0 fully saturated rings. The molecule has 1 aliphatic heterocycles. The normalized spacial score (nSPS) is 17.4. The predicted molar refractivity (Wildman–Crippen MR) is 133 cm³/mol. The van der Waals surface area contributed by atoms with Gasteiger partial charge >= 0.3 is 0 Å². The van der Waals surface area contributed by atoms with Crippen LogP contribution in [-0.4, -0.2) is 4.57 Å². The smallest absolute Gasteiger partial charge is 0.271 e. The minimum atomic E-state index is -0.138. The summed E-state index contributed by atoms with van der Waals surface area (Å²) in [5.74, 6) is 0. The summed E-state index contributed by atoms with van der Waals surface area (Å²) in [6.07, 6.45) is 3.84. The Morgan fingerprint density at radius 3 is 2.50 bits per heavy atom. The fourth-order valence-electron chi connectivity index (χ4n) is 4.67. The van der Waals surface area contributed by atoms with Crippen molar-refractivity contribution in [2.45, 2.75) is 18.9 Å². The summed E-state index contributed by atoms with van der Waals surface area (Å²) < 4.78 is 3.64. The highest BCUT2D eigenvalue weighted by Gasteiger charge is 2.32. The van der Waals surface area contributed by atoms with E-state index < -0.39 is 0 Å². The molecule has 2 heterocycles. The predicted octanol–water partition coefficient (Wildman–Crippen LogP) is 5.08. The molecule has 0 saturated heterocycles. The highest BCUT2D eigenvalue weighted by molar-refractivity contribution is 9.10. The molecule has 0 radical (unpaired) electrons. The number of hydrogen-bond acceptors (Lipinski definition) is 3. The van der Waals surface area contributed by atoms with E-state index in [9.17, 15) is 4.79 Å². The fraction of sp³-hybridized carbons (Fsp3) is 0.111. The average molecular weight is 499 g/mol. The maximum absolute atomic E-state index is 13.6. The highest BCUT2D eigenvalue weighted by atomic mass is 79.9. The lowest BCUT2D eigenvalue weighted by Crippen LogP contribution is -2.38. The van der Waals surface area contributed by atoms with E-state index in [4.69, 9.17) is 4.99 Å². The molecule has 0 unspecified atom stereocenters. The van der Waals surface area contributed by atoms with Gasteiger partial charge in [-0.25, -0.2) is 4.99 Å². The third kappa shape index (κ3) is 3.24. The molecule has 4 aromatic rings. The maximum Gasteiger partial charge on any atom is 0.271 e. The van der Waals surface area contributed by atoms with Gasteiger partial charge in [-0.05, 0) is 53.3 Å². The van der Waals surface area contributed by atoms with Gasteiger partial charge in [0, 0.05) is 10.0 Å². The average Bonchev–Trinajstić information content (AvgIpc) is 3.13. The van der Waals surface area contributed by atoms with Gasteiger partial charge in [0.05, 0.1) is 16.3 Å². The zero-order chi connectivity index (χ0) is 21.7. The number of aromatic nitrogens is 1. The number of nitrogens with zero attached hydrogens (tertiary/aromatic N) is 2. The van der Waals surface area contributed by atoms with Gasteiger partial charge in [0.25, 0.3) is 5.56 Å². The third-order valence-corrected chi connectivity index (χ3v) is 7.67. The van der Waals surface area contributed by atoms with Crippen LogP contribution in [0.5, 0.6) is 0 Å². The lowest BCUT2D eigenvalue weighted by molar-refractivity contribution is 0.585. The van der Waals surface area contributed by atoms with Crippen LogP contribution in [0.15, 0.2) is 98.7 Å². The Morgan fingerprint density at radius 2 is 1.69 bits per heavy atom. The van der Waals surface area contributed by atoms with Crippen molar-refractivity contribution in [3.8, 4) is 0 Å². The molecule has 0 amide bonds. The second-order valence-corrected chi connectivity index (χ2v) is 10.0. The van der Waals surface area contributed by atoms with Crippen LogP contribution in [0.3, 0.4) is 0 Å². The summed E-state index contributed by atoms with van der Waals surface area (Å²) in [6.45, 7) is 0. The lowest BCUT2D eigenvalue weighted by Gasteiger charge is -2.30. The van der Waals surface area contributed by atoms with Gasteiger partial charge in [-0.3, -0.25) is 9.36 Å². The number of benzene rings is 3. The van der Waals surface area contributed by atoms with Crippen molar-refractivity contribution in [3.63, 3.8) is 0 Å². The van der Waals surface area contributed by atoms with Crippen LogP contribution in [0.2, 0.25) is 0 Å². The SMILES string of the molecule is O=c1/c(=C/c2ccccc2)sc2n1[C@H](c1ccc(Br)cc1)C1=C(N=2)c2ccccc2CC1. The quantitative estimate of drug-likeness (QED) is 0.379. The molecule has 32 heavy (non-hydrogen) atoms. The molecule has 156 valence electrons. The van der Waals surface area contributed by atoms with Crippen molar-refractivity contribution < 1.29 is 0 Å². The second kappa shape index (κ2) is 7.84. The van der Waals surface area contributed by atoms with Crippen LogP contribution in [0.4, 0.5) is 0 Å². The Kier molecular flexibility index (Phi) is 4.81. The van der Waals surface area contributed by atoms with Gasteiger partial charge in [-0.15, -0.1) is 0 Å². The first-order valence-corrected chi connectivity index (χ1v) is 12.2. The van der Waals surface area contributed by atoms with Crippen molar-refractivity contribution >= 4 is 39.0 Å². The summed E-state index contributed by atoms with van der Waals surface area (Å²) in [6, 6.07) is 26.7. The Bertz CT molecular complexity index is 1550. The molecule has 6 rings (SSSR count). The number of fused-ring (bicyclic) bond motifs is 3. The van der Waals surface area contributed by atoms with Gasteiger partial charge in [-0.1, -0.05) is 94.0 Å². The number of hydrogen-bond donors (Lipinski definition) is 0. The minimum Gasteiger partial charge on any atom is -0.272 e. The van der Waals surface area contributed by atoms with E-state index in [1.807, 2.05) is 53.1 Å². The fourth-order valence-corrected chi connectivity index (χ4v) is 5.93. The Morgan fingerprint density at radius 1 is 0.938 bits per heavy atom. The molecular weight excluding hydrogens is 480 g/mol. The van der Waals surface area contributed by atoms with E-state index in [-0.39, 0.29) is 11.6 Å². The molecular formula is C27H19BrN2OS. The zero-order valence-corrected chi connectivity index (χ0v) is 19.6. The van der Waals surface area contributed by atoms with Crippen molar-refractivity contribution in [1.82, 2.24) is 4.57 Å². The Balaban J connectivity index is 1.64. The summed E-state index contributed by atoms with van der Waals surface area (Å²) >= 11 is 5.02. The first kappa shape index (κ1) is 19.6. The lowest BCUT2D eigenvalue weighted by atomic mass is 9.83. The van der Waals surface area contributed by atoms with Crippen molar-refractivity contribution in [1.29, 1.82) is 0 Å². The molecule has 0 spiro atoms. The first-order valence-electron chi connectivity index (χ1n) is 10.6. The third-order valence-electron chi connectivity index (χ3n) is 6.16. The number of halogens is 1. The maximum atomic E-state index is 13.6. The van der Waals surface area contributed by atoms with Crippen LogP contribution in [0.1, 0.15) is 34.7 Å².